The highest BCUT2D eigenvalue weighted by Gasteiger charge is 2.12. The lowest BCUT2D eigenvalue weighted by Gasteiger charge is -2.15. The third-order valence-electron chi connectivity index (χ3n) is 3.78. The molecule has 2 heterocycles. The zero-order valence-corrected chi connectivity index (χ0v) is 18.5. The maximum atomic E-state index is 5.93. The van der Waals surface area contributed by atoms with E-state index in [1.165, 1.54) is 0 Å². The number of benzene rings is 1. The summed E-state index contributed by atoms with van der Waals surface area (Å²) >= 11 is 3.59. The number of ether oxygens (including phenoxy) is 2. The Kier molecular flexibility index (Phi) is 10.9. The molecule has 1 aromatic carbocycles. The Morgan fingerprint density at radius 3 is 2.18 bits per heavy atom. The van der Waals surface area contributed by atoms with Crippen LogP contribution in [0.3, 0.4) is 0 Å². The van der Waals surface area contributed by atoms with Crippen LogP contribution in [0.15, 0.2) is 65.7 Å². The summed E-state index contributed by atoms with van der Waals surface area (Å²) < 4.78 is 12.3. The monoisotopic (exact) mass is 485 g/mol. The fourth-order valence-corrected chi connectivity index (χ4v) is 3.11. The standard InChI is InChI=1S/C20H20BrN3O2.2ClH/c1-25-19-9-17(13-24-11-15-4-2-6-22-10-15)8-18(21)20(19)26-14-16-5-3-7-23-12-16;;/h2-10,12,24H,11,13-14H2,1H3;2*1H. The molecular formula is C20H22BrCl2N3O2. The van der Waals surface area contributed by atoms with E-state index in [1.54, 1.807) is 25.7 Å². The molecule has 0 aliphatic heterocycles. The van der Waals surface area contributed by atoms with Gasteiger partial charge in [-0.25, -0.2) is 0 Å². The molecule has 0 atom stereocenters. The molecule has 1 N–H and O–H groups in total. The number of hydrogen-bond acceptors (Lipinski definition) is 5. The molecule has 0 saturated heterocycles. The second kappa shape index (κ2) is 12.6. The summed E-state index contributed by atoms with van der Waals surface area (Å²) in [6.07, 6.45) is 7.17. The Morgan fingerprint density at radius 2 is 1.57 bits per heavy atom. The van der Waals surface area contributed by atoms with E-state index in [0.717, 1.165) is 27.7 Å². The minimum Gasteiger partial charge on any atom is -0.493 e. The van der Waals surface area contributed by atoms with E-state index in [1.807, 2.05) is 42.6 Å². The van der Waals surface area contributed by atoms with E-state index < -0.39 is 0 Å². The molecule has 0 radical (unpaired) electrons. The number of pyridine rings is 2. The van der Waals surface area contributed by atoms with Crippen LogP contribution < -0.4 is 14.8 Å². The van der Waals surface area contributed by atoms with Crippen molar-refractivity contribution in [3.63, 3.8) is 0 Å². The Morgan fingerprint density at radius 1 is 0.929 bits per heavy atom. The van der Waals surface area contributed by atoms with Crippen LogP contribution in [0.5, 0.6) is 11.5 Å². The van der Waals surface area contributed by atoms with Gasteiger partial charge in [0.25, 0.3) is 0 Å². The van der Waals surface area contributed by atoms with Crippen molar-refractivity contribution in [1.82, 2.24) is 15.3 Å². The zero-order chi connectivity index (χ0) is 18.2. The molecule has 0 spiro atoms. The molecule has 0 fully saturated rings. The minimum absolute atomic E-state index is 0. The van der Waals surface area contributed by atoms with Crippen molar-refractivity contribution >= 4 is 40.7 Å². The molecule has 2 aromatic heterocycles. The summed E-state index contributed by atoms with van der Waals surface area (Å²) in [5, 5.41) is 3.41. The first-order valence-electron chi connectivity index (χ1n) is 8.24. The first-order chi connectivity index (χ1) is 12.8. The molecule has 0 saturated carbocycles. The predicted molar refractivity (Wildman–Crippen MR) is 119 cm³/mol. The van der Waals surface area contributed by atoms with Crippen LogP contribution in [0, 0.1) is 0 Å². The number of methoxy groups -OCH3 is 1. The van der Waals surface area contributed by atoms with Gasteiger partial charge in [-0.1, -0.05) is 12.1 Å². The number of rotatable bonds is 8. The number of halogens is 3. The first kappa shape index (κ1) is 24.2. The second-order valence-corrected chi connectivity index (χ2v) is 6.58. The quantitative estimate of drug-likeness (QED) is 0.487. The summed E-state index contributed by atoms with van der Waals surface area (Å²) in [6.45, 7) is 1.90. The molecule has 0 unspecified atom stereocenters. The summed E-state index contributed by atoms with van der Waals surface area (Å²) in [6, 6.07) is 11.9. The van der Waals surface area contributed by atoms with Crippen LogP contribution in [0.1, 0.15) is 16.7 Å². The highest BCUT2D eigenvalue weighted by Crippen LogP contribution is 2.37. The van der Waals surface area contributed by atoms with Gasteiger partial charge in [-0.15, -0.1) is 24.8 Å². The molecule has 3 aromatic rings. The first-order valence-corrected chi connectivity index (χ1v) is 9.03. The van der Waals surface area contributed by atoms with Crippen LogP contribution in [-0.4, -0.2) is 17.1 Å². The smallest absolute Gasteiger partial charge is 0.175 e. The molecule has 28 heavy (non-hydrogen) atoms. The van der Waals surface area contributed by atoms with E-state index in [4.69, 9.17) is 9.47 Å². The Labute approximate surface area is 185 Å². The number of aromatic nitrogens is 2. The van der Waals surface area contributed by atoms with Crippen molar-refractivity contribution in [2.75, 3.05) is 7.11 Å². The fraction of sp³-hybridized carbons (Fsp3) is 0.200. The van der Waals surface area contributed by atoms with Gasteiger partial charge in [-0.2, -0.15) is 0 Å². The van der Waals surface area contributed by atoms with Crippen LogP contribution in [0.2, 0.25) is 0 Å². The highest BCUT2D eigenvalue weighted by molar-refractivity contribution is 9.10. The van der Waals surface area contributed by atoms with Gasteiger partial charge in [0.2, 0.25) is 0 Å². The molecule has 0 bridgehead atoms. The molecular weight excluding hydrogens is 465 g/mol. The highest BCUT2D eigenvalue weighted by atomic mass is 79.9. The summed E-state index contributed by atoms with van der Waals surface area (Å²) in [5.41, 5.74) is 3.25. The fourth-order valence-electron chi connectivity index (χ4n) is 2.51. The largest absolute Gasteiger partial charge is 0.493 e. The maximum absolute atomic E-state index is 5.93. The molecule has 5 nitrogen and oxygen atoms in total. The predicted octanol–water partition coefficient (Wildman–Crippen LogP) is 4.96. The van der Waals surface area contributed by atoms with Gasteiger partial charge in [0.15, 0.2) is 11.5 Å². The average Bonchev–Trinajstić information content (AvgIpc) is 2.68. The SMILES string of the molecule is COc1cc(CNCc2cccnc2)cc(Br)c1OCc1cccnc1.Cl.Cl. The molecule has 3 rings (SSSR count). The van der Waals surface area contributed by atoms with Gasteiger partial charge < -0.3 is 14.8 Å². The van der Waals surface area contributed by atoms with Gasteiger partial charge in [-0.05, 0) is 51.3 Å². The van der Waals surface area contributed by atoms with Gasteiger partial charge >= 0.3 is 0 Å². The van der Waals surface area contributed by atoms with Crippen molar-refractivity contribution in [3.05, 3.63) is 82.3 Å². The maximum Gasteiger partial charge on any atom is 0.175 e. The van der Waals surface area contributed by atoms with Crippen LogP contribution >= 0.6 is 40.7 Å². The third kappa shape index (κ3) is 6.95. The summed E-state index contributed by atoms with van der Waals surface area (Å²) in [5.74, 6) is 1.38. The third-order valence-corrected chi connectivity index (χ3v) is 4.37. The number of nitrogens with zero attached hydrogens (tertiary/aromatic N) is 2. The topological polar surface area (TPSA) is 56.3 Å². The van der Waals surface area contributed by atoms with Crippen molar-refractivity contribution < 1.29 is 9.47 Å². The van der Waals surface area contributed by atoms with Crippen LogP contribution in [-0.2, 0) is 19.7 Å². The van der Waals surface area contributed by atoms with E-state index in [9.17, 15) is 0 Å². The zero-order valence-electron chi connectivity index (χ0n) is 15.3. The molecule has 0 amide bonds. The van der Waals surface area contributed by atoms with Crippen molar-refractivity contribution in [1.29, 1.82) is 0 Å². The van der Waals surface area contributed by atoms with Gasteiger partial charge in [0, 0.05) is 43.4 Å². The Bertz CT molecular complexity index is 840. The van der Waals surface area contributed by atoms with Crippen molar-refractivity contribution in [3.8, 4) is 11.5 Å². The normalized spacial score (nSPS) is 9.79. The lowest BCUT2D eigenvalue weighted by Crippen LogP contribution is -2.13. The van der Waals surface area contributed by atoms with Crippen molar-refractivity contribution in [2.24, 2.45) is 0 Å². The average molecular weight is 487 g/mol. The van der Waals surface area contributed by atoms with Gasteiger partial charge in [0.05, 0.1) is 11.6 Å². The van der Waals surface area contributed by atoms with Crippen LogP contribution in [0.4, 0.5) is 0 Å². The lowest BCUT2D eigenvalue weighted by atomic mass is 10.2. The minimum atomic E-state index is 0. The second-order valence-electron chi connectivity index (χ2n) is 5.72. The molecule has 0 aliphatic carbocycles. The molecule has 150 valence electrons. The molecule has 0 aliphatic rings. The summed E-state index contributed by atoms with van der Waals surface area (Å²) in [7, 11) is 1.64. The van der Waals surface area contributed by atoms with Gasteiger partial charge in [0.1, 0.15) is 6.61 Å². The lowest BCUT2D eigenvalue weighted by molar-refractivity contribution is 0.282. The Hall–Kier alpha value is -1.86. The summed E-state index contributed by atoms with van der Waals surface area (Å²) in [4.78, 5) is 8.22. The van der Waals surface area contributed by atoms with Crippen molar-refractivity contribution in [2.45, 2.75) is 19.7 Å². The number of nitrogens with one attached hydrogen (secondary N) is 1. The van der Waals surface area contributed by atoms with Crippen LogP contribution in [0.25, 0.3) is 0 Å². The van der Waals surface area contributed by atoms with E-state index >= 15 is 0 Å². The number of hydrogen-bond donors (Lipinski definition) is 1. The molecule has 8 heteroatoms. The Balaban J connectivity index is 0.00000196. The van der Waals surface area contributed by atoms with Gasteiger partial charge in [-0.3, -0.25) is 9.97 Å². The van der Waals surface area contributed by atoms with E-state index in [-0.39, 0.29) is 24.8 Å². The van der Waals surface area contributed by atoms with E-state index in [2.05, 4.69) is 31.2 Å². The van der Waals surface area contributed by atoms with E-state index in [0.29, 0.717) is 24.7 Å².